The molecular weight excluding hydrogens is 229 g/mol. The van der Waals surface area contributed by atoms with Gasteiger partial charge in [0.25, 0.3) is 0 Å². The molecule has 1 unspecified atom stereocenters. The Morgan fingerprint density at radius 3 is 2.72 bits per heavy atom. The monoisotopic (exact) mass is 253 g/mol. The third-order valence-electron chi connectivity index (χ3n) is 3.03. The summed E-state index contributed by atoms with van der Waals surface area (Å²) in [5.74, 6) is 0.547. The number of hydrogen-bond donors (Lipinski definition) is 1. The maximum atomic E-state index is 13.2. The zero-order valence-electron chi connectivity index (χ0n) is 11.4. The van der Waals surface area contributed by atoms with Gasteiger partial charge in [-0.25, -0.2) is 4.39 Å². The molecule has 0 aliphatic rings. The summed E-state index contributed by atoms with van der Waals surface area (Å²) in [6.07, 6.45) is 4.90. The fraction of sp³-hybridized carbons (Fsp3) is 0.600. The highest BCUT2D eigenvalue weighted by atomic mass is 19.1. The molecule has 2 nitrogen and oxygen atoms in total. The van der Waals surface area contributed by atoms with Gasteiger partial charge in [-0.2, -0.15) is 0 Å². The minimum atomic E-state index is -0.228. The molecule has 1 rings (SSSR count). The summed E-state index contributed by atoms with van der Waals surface area (Å²) >= 11 is 0. The Kier molecular flexibility index (Phi) is 6.73. The number of nitrogens with two attached hydrogens (primary N) is 1. The van der Waals surface area contributed by atoms with Crippen LogP contribution in [0, 0.1) is 5.82 Å². The van der Waals surface area contributed by atoms with Crippen LogP contribution < -0.4 is 10.5 Å². The van der Waals surface area contributed by atoms with Crippen LogP contribution in [0.1, 0.15) is 45.1 Å². The Hall–Kier alpha value is -1.09. The van der Waals surface area contributed by atoms with Gasteiger partial charge in [0, 0.05) is 6.04 Å². The fourth-order valence-corrected chi connectivity index (χ4v) is 1.81. The van der Waals surface area contributed by atoms with Gasteiger partial charge in [0.2, 0.25) is 0 Å². The molecule has 0 saturated heterocycles. The Morgan fingerprint density at radius 1 is 1.28 bits per heavy atom. The Labute approximate surface area is 109 Å². The van der Waals surface area contributed by atoms with E-state index < -0.39 is 0 Å². The highest BCUT2D eigenvalue weighted by Gasteiger charge is 2.09. The lowest BCUT2D eigenvalue weighted by atomic mass is 10.0. The smallest absolute Gasteiger partial charge is 0.123 e. The minimum Gasteiger partial charge on any atom is -0.493 e. The average molecular weight is 253 g/mol. The molecule has 0 aliphatic carbocycles. The minimum absolute atomic E-state index is 0.0600. The molecule has 18 heavy (non-hydrogen) atoms. The van der Waals surface area contributed by atoms with Crippen LogP contribution in [0.3, 0.4) is 0 Å². The Morgan fingerprint density at radius 2 is 2.06 bits per heavy atom. The summed E-state index contributed by atoms with van der Waals surface area (Å²) < 4.78 is 19.0. The topological polar surface area (TPSA) is 35.2 Å². The number of hydrogen-bond acceptors (Lipinski definition) is 2. The summed E-state index contributed by atoms with van der Waals surface area (Å²) in [6.45, 7) is 4.88. The van der Waals surface area contributed by atoms with Crippen molar-refractivity contribution in [1.82, 2.24) is 0 Å². The number of ether oxygens (including phenoxy) is 1. The number of rotatable bonds is 8. The van der Waals surface area contributed by atoms with E-state index in [4.69, 9.17) is 10.5 Å². The molecule has 1 atom stereocenters. The lowest BCUT2D eigenvalue weighted by molar-refractivity contribution is 0.302. The lowest BCUT2D eigenvalue weighted by Gasteiger charge is -2.14. The van der Waals surface area contributed by atoms with Crippen LogP contribution in [0.25, 0.3) is 0 Å². The van der Waals surface area contributed by atoms with Crippen molar-refractivity contribution in [3.63, 3.8) is 0 Å². The quantitative estimate of drug-likeness (QED) is 0.717. The summed E-state index contributed by atoms with van der Waals surface area (Å²) in [6, 6.07) is 4.74. The van der Waals surface area contributed by atoms with Crippen LogP contribution in [-0.2, 0) is 6.42 Å². The summed E-state index contributed by atoms with van der Waals surface area (Å²) in [4.78, 5) is 0. The fourth-order valence-electron chi connectivity index (χ4n) is 1.81. The molecule has 0 aromatic heterocycles. The first kappa shape index (κ1) is 15.0. The highest BCUT2D eigenvalue weighted by Crippen LogP contribution is 2.22. The van der Waals surface area contributed by atoms with Gasteiger partial charge >= 0.3 is 0 Å². The molecular formula is C15H24FNO. The van der Waals surface area contributed by atoms with Gasteiger partial charge < -0.3 is 10.5 Å². The summed E-state index contributed by atoms with van der Waals surface area (Å²) in [5.41, 5.74) is 6.80. The van der Waals surface area contributed by atoms with Gasteiger partial charge in [-0.15, -0.1) is 0 Å². The normalized spacial score (nSPS) is 12.4. The zero-order valence-corrected chi connectivity index (χ0v) is 11.4. The molecule has 0 bridgehead atoms. The molecule has 102 valence electrons. The van der Waals surface area contributed by atoms with Crippen molar-refractivity contribution >= 4 is 0 Å². The van der Waals surface area contributed by atoms with Gasteiger partial charge in [-0.3, -0.25) is 0 Å². The molecule has 0 aliphatic heterocycles. The molecule has 3 heteroatoms. The van der Waals surface area contributed by atoms with Gasteiger partial charge in [0.1, 0.15) is 11.6 Å². The van der Waals surface area contributed by atoms with E-state index in [1.807, 2.05) is 6.92 Å². The standard InChI is InChI=1S/C15H24FNO/c1-3-5-6-9-18-15-8-7-13(16)10-12(15)11-14(17)4-2/h7-8,10,14H,3-6,9,11,17H2,1-2H3. The second-order valence-electron chi connectivity index (χ2n) is 4.68. The number of benzene rings is 1. The molecule has 0 radical (unpaired) electrons. The predicted octanol–water partition coefficient (Wildman–Crippen LogP) is 3.67. The number of unbranched alkanes of at least 4 members (excludes halogenated alkanes) is 2. The average Bonchev–Trinajstić information content (AvgIpc) is 2.36. The van der Waals surface area contributed by atoms with E-state index in [0.717, 1.165) is 30.6 Å². The van der Waals surface area contributed by atoms with Crippen molar-refractivity contribution < 1.29 is 9.13 Å². The van der Waals surface area contributed by atoms with Crippen LogP contribution in [0.4, 0.5) is 4.39 Å². The van der Waals surface area contributed by atoms with Gasteiger partial charge in [0.15, 0.2) is 0 Å². The van der Waals surface area contributed by atoms with Gasteiger partial charge in [-0.1, -0.05) is 26.7 Å². The molecule has 1 aromatic rings. The molecule has 0 heterocycles. The van der Waals surface area contributed by atoms with Crippen LogP contribution in [0.5, 0.6) is 5.75 Å². The molecule has 0 fully saturated rings. The van der Waals surface area contributed by atoms with Crippen molar-refractivity contribution in [2.45, 2.75) is 52.0 Å². The SMILES string of the molecule is CCCCCOc1ccc(F)cc1CC(N)CC. The van der Waals surface area contributed by atoms with E-state index in [1.165, 1.54) is 18.6 Å². The second-order valence-corrected chi connectivity index (χ2v) is 4.68. The Bertz CT molecular complexity index is 354. The molecule has 0 saturated carbocycles. The zero-order chi connectivity index (χ0) is 13.4. The Balaban J connectivity index is 2.64. The van der Waals surface area contributed by atoms with Crippen LogP contribution in [0.15, 0.2) is 18.2 Å². The van der Waals surface area contributed by atoms with E-state index in [-0.39, 0.29) is 11.9 Å². The largest absolute Gasteiger partial charge is 0.493 e. The molecule has 0 amide bonds. The van der Waals surface area contributed by atoms with Crippen molar-refractivity contribution in [3.8, 4) is 5.75 Å². The maximum Gasteiger partial charge on any atom is 0.123 e. The molecule has 2 N–H and O–H groups in total. The second kappa shape index (κ2) is 8.09. The van der Waals surface area contributed by atoms with Gasteiger partial charge in [-0.05, 0) is 43.0 Å². The van der Waals surface area contributed by atoms with E-state index in [1.54, 1.807) is 6.07 Å². The lowest BCUT2D eigenvalue weighted by Crippen LogP contribution is -2.21. The van der Waals surface area contributed by atoms with E-state index in [9.17, 15) is 4.39 Å². The van der Waals surface area contributed by atoms with Gasteiger partial charge in [0.05, 0.1) is 6.61 Å². The first-order valence-corrected chi connectivity index (χ1v) is 6.84. The third-order valence-corrected chi connectivity index (χ3v) is 3.03. The highest BCUT2D eigenvalue weighted by molar-refractivity contribution is 5.34. The summed E-state index contributed by atoms with van der Waals surface area (Å²) in [5, 5.41) is 0. The summed E-state index contributed by atoms with van der Waals surface area (Å²) in [7, 11) is 0. The molecule has 0 spiro atoms. The van der Waals surface area contributed by atoms with Crippen molar-refractivity contribution in [3.05, 3.63) is 29.6 Å². The van der Waals surface area contributed by atoms with Crippen LogP contribution in [-0.4, -0.2) is 12.6 Å². The predicted molar refractivity (Wildman–Crippen MR) is 73.4 cm³/mol. The van der Waals surface area contributed by atoms with E-state index in [0.29, 0.717) is 13.0 Å². The molecule has 1 aromatic carbocycles. The van der Waals surface area contributed by atoms with Crippen molar-refractivity contribution in [1.29, 1.82) is 0 Å². The van der Waals surface area contributed by atoms with Crippen LogP contribution in [0.2, 0.25) is 0 Å². The van der Waals surface area contributed by atoms with E-state index in [2.05, 4.69) is 6.92 Å². The van der Waals surface area contributed by atoms with Crippen LogP contribution >= 0.6 is 0 Å². The first-order valence-electron chi connectivity index (χ1n) is 6.84. The first-order chi connectivity index (χ1) is 8.67. The third kappa shape index (κ3) is 5.05. The van der Waals surface area contributed by atoms with E-state index >= 15 is 0 Å². The number of halogens is 1. The van der Waals surface area contributed by atoms with Crippen molar-refractivity contribution in [2.24, 2.45) is 5.73 Å². The maximum absolute atomic E-state index is 13.2. The van der Waals surface area contributed by atoms with Crippen molar-refractivity contribution in [2.75, 3.05) is 6.61 Å².